The molecule has 94 valence electrons. The number of thioether (sulfide) groups is 1. The summed E-state index contributed by atoms with van der Waals surface area (Å²) in [5, 5.41) is 6.39. The van der Waals surface area contributed by atoms with Crippen molar-refractivity contribution in [2.45, 2.75) is 39.2 Å². The molecule has 0 spiro atoms. The molecule has 0 aromatic rings. The van der Waals surface area contributed by atoms with Gasteiger partial charge in [0.25, 0.3) is 0 Å². The minimum absolute atomic E-state index is 0.197. The summed E-state index contributed by atoms with van der Waals surface area (Å²) in [6.07, 6.45) is 3.49. The van der Waals surface area contributed by atoms with Crippen LogP contribution in [-0.2, 0) is 4.79 Å². The number of hydrogen-bond donors (Lipinski definition) is 2. The molecule has 0 bridgehead atoms. The second-order valence-corrected chi connectivity index (χ2v) is 5.95. The molecule has 0 aliphatic carbocycles. The molecule has 0 aromatic heterocycles. The van der Waals surface area contributed by atoms with Crippen molar-refractivity contribution in [2.24, 2.45) is 5.92 Å². The van der Waals surface area contributed by atoms with E-state index in [4.69, 9.17) is 0 Å². The summed E-state index contributed by atoms with van der Waals surface area (Å²) in [7, 11) is 0. The highest BCUT2D eigenvalue weighted by Gasteiger charge is 2.14. The average Bonchev–Trinajstić information content (AvgIpc) is 2.25. The second-order valence-electron chi connectivity index (χ2n) is 4.85. The van der Waals surface area contributed by atoms with E-state index in [2.05, 4.69) is 24.5 Å². The van der Waals surface area contributed by atoms with Gasteiger partial charge in [0.2, 0.25) is 5.91 Å². The fourth-order valence-corrected chi connectivity index (χ4v) is 2.78. The molecule has 3 nitrogen and oxygen atoms in total. The highest BCUT2D eigenvalue weighted by atomic mass is 32.2. The van der Waals surface area contributed by atoms with Crippen molar-refractivity contribution in [3.63, 3.8) is 0 Å². The van der Waals surface area contributed by atoms with Crippen molar-refractivity contribution in [2.75, 3.05) is 24.6 Å². The molecule has 1 aliphatic heterocycles. The molecule has 1 fully saturated rings. The molecule has 1 rings (SSSR count). The first-order valence-corrected chi connectivity index (χ1v) is 7.41. The van der Waals surface area contributed by atoms with Crippen LogP contribution in [0.4, 0.5) is 0 Å². The normalized spacial score (nSPS) is 21.1. The third kappa shape index (κ3) is 6.38. The van der Waals surface area contributed by atoms with E-state index in [9.17, 15) is 4.79 Å². The molecule has 16 heavy (non-hydrogen) atoms. The largest absolute Gasteiger partial charge is 0.351 e. The van der Waals surface area contributed by atoms with Crippen LogP contribution in [0.2, 0.25) is 0 Å². The second kappa shape index (κ2) is 7.96. The lowest BCUT2D eigenvalue weighted by Crippen LogP contribution is -2.46. The van der Waals surface area contributed by atoms with Crippen LogP contribution in [0.25, 0.3) is 0 Å². The SMILES string of the molecule is CC(C)CCSCC(=O)NC1CCCNC1. The number of nitrogens with one attached hydrogen (secondary N) is 2. The summed E-state index contributed by atoms with van der Waals surface area (Å²) in [6, 6.07) is 0.354. The Hall–Kier alpha value is -0.220. The van der Waals surface area contributed by atoms with Gasteiger partial charge < -0.3 is 10.6 Å². The predicted octanol–water partition coefficient (Wildman–Crippen LogP) is 1.63. The van der Waals surface area contributed by atoms with Crippen LogP contribution in [0.3, 0.4) is 0 Å². The van der Waals surface area contributed by atoms with E-state index < -0.39 is 0 Å². The standard InChI is InChI=1S/C12H24N2OS/c1-10(2)5-7-16-9-12(15)14-11-4-3-6-13-8-11/h10-11,13H,3-9H2,1-2H3,(H,14,15). The molecule has 0 saturated carbocycles. The number of carbonyl (C=O) groups excluding carboxylic acids is 1. The number of carbonyl (C=O) groups is 1. The molecule has 0 radical (unpaired) electrons. The van der Waals surface area contributed by atoms with Gasteiger partial charge in [0.1, 0.15) is 0 Å². The fourth-order valence-electron chi connectivity index (χ4n) is 1.73. The summed E-state index contributed by atoms with van der Waals surface area (Å²) in [4.78, 5) is 11.6. The third-order valence-corrected chi connectivity index (χ3v) is 3.73. The molecule has 1 aliphatic rings. The van der Waals surface area contributed by atoms with E-state index in [1.165, 1.54) is 12.8 Å². The number of piperidine rings is 1. The Morgan fingerprint density at radius 3 is 3.00 bits per heavy atom. The zero-order valence-electron chi connectivity index (χ0n) is 10.4. The predicted molar refractivity (Wildman–Crippen MR) is 70.8 cm³/mol. The summed E-state index contributed by atoms with van der Waals surface area (Å²) in [6.45, 7) is 6.46. The molecular formula is C12H24N2OS. The molecule has 2 N–H and O–H groups in total. The molecule has 1 heterocycles. The van der Waals surface area contributed by atoms with E-state index in [0.717, 1.165) is 31.2 Å². The maximum absolute atomic E-state index is 11.6. The van der Waals surface area contributed by atoms with Crippen LogP contribution in [0.1, 0.15) is 33.1 Å². The van der Waals surface area contributed by atoms with Gasteiger partial charge in [-0.15, -0.1) is 0 Å². The topological polar surface area (TPSA) is 41.1 Å². The van der Waals surface area contributed by atoms with Gasteiger partial charge in [-0.2, -0.15) is 11.8 Å². The lowest BCUT2D eigenvalue weighted by atomic mass is 10.1. The van der Waals surface area contributed by atoms with Gasteiger partial charge in [0, 0.05) is 12.6 Å². The fraction of sp³-hybridized carbons (Fsp3) is 0.917. The van der Waals surface area contributed by atoms with E-state index >= 15 is 0 Å². The van der Waals surface area contributed by atoms with Gasteiger partial charge in [-0.3, -0.25) is 4.79 Å². The first-order valence-electron chi connectivity index (χ1n) is 6.26. The van der Waals surface area contributed by atoms with Crippen LogP contribution < -0.4 is 10.6 Å². The molecule has 4 heteroatoms. The highest BCUT2D eigenvalue weighted by molar-refractivity contribution is 7.99. The van der Waals surface area contributed by atoms with Crippen LogP contribution >= 0.6 is 11.8 Å². The molecular weight excluding hydrogens is 220 g/mol. The maximum atomic E-state index is 11.6. The Bertz CT molecular complexity index is 203. The van der Waals surface area contributed by atoms with E-state index in [1.807, 2.05) is 0 Å². The van der Waals surface area contributed by atoms with Gasteiger partial charge in [0.05, 0.1) is 5.75 Å². The van der Waals surface area contributed by atoms with Crippen molar-refractivity contribution in [1.82, 2.24) is 10.6 Å². The van der Waals surface area contributed by atoms with Gasteiger partial charge in [-0.05, 0) is 37.5 Å². The lowest BCUT2D eigenvalue weighted by molar-refractivity contribution is -0.119. The minimum Gasteiger partial charge on any atom is -0.351 e. The first kappa shape index (κ1) is 13.8. The highest BCUT2D eigenvalue weighted by Crippen LogP contribution is 2.08. The van der Waals surface area contributed by atoms with Crippen molar-refractivity contribution < 1.29 is 4.79 Å². The number of amides is 1. The minimum atomic E-state index is 0.197. The first-order chi connectivity index (χ1) is 7.68. The van der Waals surface area contributed by atoms with Gasteiger partial charge in [-0.25, -0.2) is 0 Å². The van der Waals surface area contributed by atoms with Crippen molar-refractivity contribution in [3.05, 3.63) is 0 Å². The lowest BCUT2D eigenvalue weighted by Gasteiger charge is -2.23. The molecule has 1 unspecified atom stereocenters. The smallest absolute Gasteiger partial charge is 0.230 e. The number of rotatable bonds is 6. The molecule has 1 amide bonds. The van der Waals surface area contributed by atoms with Crippen LogP contribution in [0, 0.1) is 5.92 Å². The molecule has 1 atom stereocenters. The third-order valence-electron chi connectivity index (χ3n) is 2.73. The Kier molecular flexibility index (Phi) is 6.88. The van der Waals surface area contributed by atoms with Crippen LogP contribution in [-0.4, -0.2) is 36.5 Å². The Morgan fingerprint density at radius 2 is 2.38 bits per heavy atom. The summed E-state index contributed by atoms with van der Waals surface area (Å²) in [5.41, 5.74) is 0. The quantitative estimate of drug-likeness (QED) is 0.698. The van der Waals surface area contributed by atoms with Crippen LogP contribution in [0.15, 0.2) is 0 Å². The zero-order valence-corrected chi connectivity index (χ0v) is 11.2. The van der Waals surface area contributed by atoms with Crippen molar-refractivity contribution >= 4 is 17.7 Å². The van der Waals surface area contributed by atoms with E-state index in [1.54, 1.807) is 11.8 Å². The van der Waals surface area contributed by atoms with Gasteiger partial charge >= 0.3 is 0 Å². The average molecular weight is 244 g/mol. The molecule has 1 saturated heterocycles. The maximum Gasteiger partial charge on any atom is 0.230 e. The van der Waals surface area contributed by atoms with Crippen molar-refractivity contribution in [3.8, 4) is 0 Å². The Balaban J connectivity index is 2.01. The van der Waals surface area contributed by atoms with E-state index in [0.29, 0.717) is 11.8 Å². The zero-order chi connectivity index (χ0) is 11.8. The van der Waals surface area contributed by atoms with Crippen LogP contribution in [0.5, 0.6) is 0 Å². The summed E-state index contributed by atoms with van der Waals surface area (Å²) in [5.74, 6) is 2.64. The Morgan fingerprint density at radius 1 is 1.56 bits per heavy atom. The molecule has 0 aromatic carbocycles. The van der Waals surface area contributed by atoms with Crippen molar-refractivity contribution in [1.29, 1.82) is 0 Å². The summed E-state index contributed by atoms with van der Waals surface area (Å²) < 4.78 is 0. The Labute approximate surface area is 103 Å². The van der Waals surface area contributed by atoms with E-state index in [-0.39, 0.29) is 5.91 Å². The van der Waals surface area contributed by atoms with Gasteiger partial charge in [0.15, 0.2) is 0 Å². The summed E-state index contributed by atoms with van der Waals surface area (Å²) >= 11 is 1.75. The monoisotopic (exact) mass is 244 g/mol. The van der Waals surface area contributed by atoms with Gasteiger partial charge in [-0.1, -0.05) is 13.8 Å². The number of hydrogen-bond acceptors (Lipinski definition) is 3.